The first-order chi connectivity index (χ1) is 12.1. The van der Waals surface area contributed by atoms with Crippen LogP contribution in [-0.4, -0.2) is 30.4 Å². The number of ether oxygens (including phenoxy) is 2. The Morgan fingerprint density at radius 3 is 2.36 bits per heavy atom. The van der Waals surface area contributed by atoms with E-state index in [0.29, 0.717) is 18.0 Å². The largest absolute Gasteiger partial charge is 0.497 e. The third kappa shape index (κ3) is 3.82. The van der Waals surface area contributed by atoms with E-state index in [2.05, 4.69) is 0 Å². The highest BCUT2D eigenvalue weighted by Crippen LogP contribution is 2.29. The average molecular weight is 339 g/mol. The number of rotatable bonds is 5. The van der Waals surface area contributed by atoms with E-state index in [1.807, 2.05) is 37.3 Å². The lowest BCUT2D eigenvalue weighted by Gasteiger charge is -2.25. The topological polar surface area (TPSA) is 55.8 Å². The van der Waals surface area contributed by atoms with Crippen molar-refractivity contribution in [2.24, 2.45) is 5.92 Å². The normalized spacial score (nSPS) is 18.1. The number of likely N-dealkylation sites (tertiary alicyclic amines) is 1. The van der Waals surface area contributed by atoms with Gasteiger partial charge in [-0.25, -0.2) is 0 Å². The van der Waals surface area contributed by atoms with E-state index >= 15 is 0 Å². The van der Waals surface area contributed by atoms with Crippen LogP contribution in [0.5, 0.6) is 11.5 Å². The maximum atomic E-state index is 12.4. The summed E-state index contributed by atoms with van der Waals surface area (Å²) in [6.07, 6.45) is 0.187. The molecule has 1 aliphatic rings. The van der Waals surface area contributed by atoms with Crippen molar-refractivity contribution in [3.05, 3.63) is 60.2 Å². The summed E-state index contributed by atoms with van der Waals surface area (Å²) >= 11 is 0. The highest BCUT2D eigenvalue weighted by Gasteiger charge is 2.38. The maximum absolute atomic E-state index is 12.4. The van der Waals surface area contributed by atoms with Crippen molar-refractivity contribution in [3.8, 4) is 11.5 Å². The summed E-state index contributed by atoms with van der Waals surface area (Å²) < 4.78 is 10.5. The Hall–Kier alpha value is -2.82. The monoisotopic (exact) mass is 339 g/mol. The summed E-state index contributed by atoms with van der Waals surface area (Å²) in [5.41, 5.74) is 1.06. The van der Waals surface area contributed by atoms with E-state index in [1.165, 1.54) is 0 Å². The summed E-state index contributed by atoms with van der Waals surface area (Å²) in [4.78, 5) is 26.5. The lowest BCUT2D eigenvalue weighted by molar-refractivity contribution is -0.139. The standard InChI is InChI=1S/C20H21NO4/c1-14(15-6-4-3-5-7-15)21-13-16(12-19(21)22)20(23)25-18-10-8-17(24-2)9-11-18/h3-11,14,16H,12-13H2,1-2H3/t14-,16+/m0/s1. The lowest BCUT2D eigenvalue weighted by Crippen LogP contribution is -2.30. The number of hydrogen-bond acceptors (Lipinski definition) is 4. The van der Waals surface area contributed by atoms with Crippen LogP contribution in [0.3, 0.4) is 0 Å². The van der Waals surface area contributed by atoms with Gasteiger partial charge in [0.05, 0.1) is 19.1 Å². The SMILES string of the molecule is COc1ccc(OC(=O)[C@@H]2CC(=O)N([C@@H](C)c3ccccc3)C2)cc1. The lowest BCUT2D eigenvalue weighted by atomic mass is 10.1. The fraction of sp³-hybridized carbons (Fsp3) is 0.300. The number of benzene rings is 2. The second-order valence-electron chi connectivity index (χ2n) is 6.13. The Balaban J connectivity index is 1.64. The van der Waals surface area contributed by atoms with Crippen molar-refractivity contribution in [3.63, 3.8) is 0 Å². The minimum Gasteiger partial charge on any atom is -0.497 e. The van der Waals surface area contributed by atoms with Crippen LogP contribution in [0.1, 0.15) is 24.9 Å². The Kier molecular flexibility index (Phi) is 5.03. The van der Waals surface area contributed by atoms with Crippen LogP contribution in [0.2, 0.25) is 0 Å². The molecular formula is C20H21NO4. The molecule has 0 radical (unpaired) electrons. The van der Waals surface area contributed by atoms with Crippen LogP contribution < -0.4 is 9.47 Å². The third-order valence-electron chi connectivity index (χ3n) is 4.52. The first kappa shape index (κ1) is 17.0. The zero-order valence-corrected chi connectivity index (χ0v) is 14.3. The van der Waals surface area contributed by atoms with Crippen molar-refractivity contribution < 1.29 is 19.1 Å². The molecule has 1 heterocycles. The molecule has 0 aromatic heterocycles. The minimum atomic E-state index is -0.444. The molecule has 25 heavy (non-hydrogen) atoms. The molecule has 2 aromatic carbocycles. The second kappa shape index (κ2) is 7.38. The smallest absolute Gasteiger partial charge is 0.316 e. The van der Waals surface area contributed by atoms with Gasteiger partial charge in [-0.15, -0.1) is 0 Å². The molecule has 0 unspecified atom stereocenters. The predicted octanol–water partition coefficient (Wildman–Crippen LogP) is 3.21. The van der Waals surface area contributed by atoms with Crippen LogP contribution in [0.15, 0.2) is 54.6 Å². The van der Waals surface area contributed by atoms with E-state index in [-0.39, 0.29) is 24.3 Å². The molecule has 1 aliphatic heterocycles. The van der Waals surface area contributed by atoms with Crippen molar-refractivity contribution in [2.45, 2.75) is 19.4 Å². The summed E-state index contributed by atoms with van der Waals surface area (Å²) in [6, 6.07) is 16.6. The quantitative estimate of drug-likeness (QED) is 0.620. The highest BCUT2D eigenvalue weighted by atomic mass is 16.5. The molecule has 0 saturated carbocycles. The zero-order valence-electron chi connectivity index (χ0n) is 14.3. The molecule has 2 aromatic rings. The van der Waals surface area contributed by atoms with Gasteiger partial charge in [0.1, 0.15) is 11.5 Å². The van der Waals surface area contributed by atoms with Gasteiger partial charge >= 0.3 is 5.97 Å². The van der Waals surface area contributed by atoms with Crippen LogP contribution >= 0.6 is 0 Å². The highest BCUT2D eigenvalue weighted by molar-refractivity contribution is 5.87. The molecule has 0 bridgehead atoms. The van der Waals surface area contributed by atoms with Crippen molar-refractivity contribution in [1.29, 1.82) is 0 Å². The molecule has 5 heteroatoms. The van der Waals surface area contributed by atoms with E-state index < -0.39 is 5.92 Å². The van der Waals surface area contributed by atoms with Gasteiger partial charge in [0.2, 0.25) is 5.91 Å². The number of carbonyl (C=O) groups is 2. The van der Waals surface area contributed by atoms with Gasteiger partial charge in [-0.3, -0.25) is 9.59 Å². The van der Waals surface area contributed by atoms with Crippen LogP contribution in [-0.2, 0) is 9.59 Å². The number of methoxy groups -OCH3 is 1. The van der Waals surface area contributed by atoms with Gasteiger partial charge in [0, 0.05) is 13.0 Å². The molecular weight excluding hydrogens is 318 g/mol. The number of amides is 1. The van der Waals surface area contributed by atoms with Gasteiger partial charge in [-0.1, -0.05) is 30.3 Å². The number of nitrogens with zero attached hydrogens (tertiary/aromatic N) is 1. The molecule has 0 N–H and O–H groups in total. The zero-order chi connectivity index (χ0) is 17.8. The Bertz CT molecular complexity index is 742. The fourth-order valence-corrected chi connectivity index (χ4v) is 3.02. The van der Waals surface area contributed by atoms with Gasteiger partial charge < -0.3 is 14.4 Å². The average Bonchev–Trinajstić information content (AvgIpc) is 3.04. The first-order valence-electron chi connectivity index (χ1n) is 8.28. The van der Waals surface area contributed by atoms with E-state index in [4.69, 9.17) is 9.47 Å². The molecule has 2 atom stereocenters. The fourth-order valence-electron chi connectivity index (χ4n) is 3.02. The van der Waals surface area contributed by atoms with Gasteiger partial charge in [-0.05, 0) is 36.8 Å². The summed E-state index contributed by atoms with van der Waals surface area (Å²) in [6.45, 7) is 2.36. The van der Waals surface area contributed by atoms with Crippen LogP contribution in [0.25, 0.3) is 0 Å². The molecule has 3 rings (SSSR count). The molecule has 130 valence electrons. The van der Waals surface area contributed by atoms with Gasteiger partial charge in [0.15, 0.2) is 0 Å². The van der Waals surface area contributed by atoms with Gasteiger partial charge in [-0.2, -0.15) is 0 Å². The van der Waals surface area contributed by atoms with Crippen molar-refractivity contribution in [1.82, 2.24) is 4.90 Å². The molecule has 0 spiro atoms. The molecule has 1 amide bonds. The Morgan fingerprint density at radius 1 is 1.08 bits per heavy atom. The summed E-state index contributed by atoms with van der Waals surface area (Å²) in [7, 11) is 1.58. The summed E-state index contributed by atoms with van der Waals surface area (Å²) in [5, 5.41) is 0. The van der Waals surface area contributed by atoms with Crippen LogP contribution in [0.4, 0.5) is 0 Å². The summed E-state index contributed by atoms with van der Waals surface area (Å²) in [5.74, 6) is 0.307. The van der Waals surface area contributed by atoms with Crippen molar-refractivity contribution in [2.75, 3.05) is 13.7 Å². The molecule has 0 aliphatic carbocycles. The molecule has 5 nitrogen and oxygen atoms in total. The van der Waals surface area contributed by atoms with Gasteiger partial charge in [0.25, 0.3) is 0 Å². The number of hydrogen-bond donors (Lipinski definition) is 0. The number of esters is 1. The molecule has 1 fully saturated rings. The number of carbonyl (C=O) groups excluding carboxylic acids is 2. The van der Waals surface area contributed by atoms with E-state index in [1.54, 1.807) is 36.3 Å². The predicted molar refractivity (Wildman–Crippen MR) is 93.3 cm³/mol. The second-order valence-corrected chi connectivity index (χ2v) is 6.13. The maximum Gasteiger partial charge on any atom is 0.316 e. The van der Waals surface area contributed by atoms with E-state index in [0.717, 1.165) is 5.56 Å². The Labute approximate surface area is 147 Å². The minimum absolute atomic E-state index is 0.0203. The Morgan fingerprint density at radius 2 is 1.72 bits per heavy atom. The van der Waals surface area contributed by atoms with Crippen LogP contribution in [0, 0.1) is 5.92 Å². The van der Waals surface area contributed by atoms with E-state index in [9.17, 15) is 9.59 Å². The third-order valence-corrected chi connectivity index (χ3v) is 4.52. The molecule has 1 saturated heterocycles. The van der Waals surface area contributed by atoms with Crippen molar-refractivity contribution >= 4 is 11.9 Å². The first-order valence-corrected chi connectivity index (χ1v) is 8.28.